The molecule has 0 aliphatic carbocycles. The van der Waals surface area contributed by atoms with Crippen molar-refractivity contribution in [3.8, 4) is 0 Å². The maximum absolute atomic E-state index is 5.56. The Morgan fingerprint density at radius 3 is 3.07 bits per heavy atom. The molecule has 1 aromatic heterocycles. The van der Waals surface area contributed by atoms with Gasteiger partial charge in [0.25, 0.3) is 0 Å². The van der Waals surface area contributed by atoms with Gasteiger partial charge in [0.05, 0.1) is 0 Å². The van der Waals surface area contributed by atoms with Crippen molar-refractivity contribution in [1.82, 2.24) is 10.4 Å². The van der Waals surface area contributed by atoms with E-state index in [0.717, 1.165) is 19.3 Å². The zero-order chi connectivity index (χ0) is 11.1. The molecule has 0 radical (unpaired) electrons. The molecular weight excluding hydrogens is 186 g/mol. The molecular formula is C12H19N3. The van der Waals surface area contributed by atoms with Crippen LogP contribution >= 0.6 is 0 Å². The van der Waals surface area contributed by atoms with E-state index in [1.807, 2.05) is 18.3 Å². The summed E-state index contributed by atoms with van der Waals surface area (Å²) in [5, 5.41) is 0. The Balaban J connectivity index is 2.65. The summed E-state index contributed by atoms with van der Waals surface area (Å²) in [5.74, 6) is 5.56. The highest BCUT2D eigenvalue weighted by Gasteiger charge is 2.10. The number of hydrogen-bond donors (Lipinski definition) is 2. The number of nitrogens with zero attached hydrogens (tertiary/aromatic N) is 1. The average molecular weight is 205 g/mol. The summed E-state index contributed by atoms with van der Waals surface area (Å²) in [4.78, 5) is 4.07. The van der Waals surface area contributed by atoms with Gasteiger partial charge >= 0.3 is 0 Å². The predicted molar refractivity (Wildman–Crippen MR) is 63.1 cm³/mol. The molecule has 1 atom stereocenters. The number of pyridine rings is 1. The molecule has 15 heavy (non-hydrogen) atoms. The smallest absolute Gasteiger partial charge is 0.0463 e. The van der Waals surface area contributed by atoms with Crippen LogP contribution in [0.25, 0.3) is 0 Å². The van der Waals surface area contributed by atoms with Crippen molar-refractivity contribution in [3.63, 3.8) is 0 Å². The normalized spacial score (nSPS) is 12.4. The topological polar surface area (TPSA) is 50.9 Å². The van der Waals surface area contributed by atoms with E-state index in [4.69, 9.17) is 5.84 Å². The zero-order valence-electron chi connectivity index (χ0n) is 9.24. The van der Waals surface area contributed by atoms with Crippen molar-refractivity contribution in [2.75, 3.05) is 0 Å². The standard InChI is InChI=1S/C12H19N3/c1-3-4-5-6-12(15-13)11-7-8-14-9-10(11)2/h3,7-9,12,15H,1,4-6,13H2,2H3. The predicted octanol–water partition coefficient (Wildman–Crippen LogP) is 2.25. The van der Waals surface area contributed by atoms with Gasteiger partial charge in [-0.15, -0.1) is 6.58 Å². The molecule has 1 aromatic rings. The average Bonchev–Trinajstić information content (AvgIpc) is 2.26. The zero-order valence-corrected chi connectivity index (χ0v) is 9.24. The number of aromatic nitrogens is 1. The Kier molecular flexibility index (Phi) is 5.01. The molecule has 0 amide bonds. The van der Waals surface area contributed by atoms with E-state index in [9.17, 15) is 0 Å². The van der Waals surface area contributed by atoms with Crippen LogP contribution < -0.4 is 11.3 Å². The van der Waals surface area contributed by atoms with Crippen molar-refractivity contribution in [2.45, 2.75) is 32.2 Å². The Morgan fingerprint density at radius 2 is 2.47 bits per heavy atom. The summed E-state index contributed by atoms with van der Waals surface area (Å²) in [6.45, 7) is 5.77. The SMILES string of the molecule is C=CCCCC(NN)c1ccncc1C. The Bertz CT molecular complexity index is 309. The summed E-state index contributed by atoms with van der Waals surface area (Å²) in [6.07, 6.45) is 8.76. The van der Waals surface area contributed by atoms with Gasteiger partial charge < -0.3 is 0 Å². The molecule has 1 heterocycles. The number of rotatable bonds is 6. The molecule has 0 spiro atoms. The van der Waals surface area contributed by atoms with Crippen LogP contribution in [0.4, 0.5) is 0 Å². The lowest BCUT2D eigenvalue weighted by Crippen LogP contribution is -2.28. The van der Waals surface area contributed by atoms with E-state index in [0.29, 0.717) is 0 Å². The maximum atomic E-state index is 5.56. The first-order valence-corrected chi connectivity index (χ1v) is 5.27. The molecule has 0 aromatic carbocycles. The lowest BCUT2D eigenvalue weighted by atomic mass is 9.99. The fraction of sp³-hybridized carbons (Fsp3) is 0.417. The summed E-state index contributed by atoms with van der Waals surface area (Å²) < 4.78 is 0. The van der Waals surface area contributed by atoms with Crippen LogP contribution in [0, 0.1) is 6.92 Å². The third-order valence-electron chi connectivity index (χ3n) is 2.54. The summed E-state index contributed by atoms with van der Waals surface area (Å²) in [5.41, 5.74) is 5.27. The number of hydrazine groups is 1. The second kappa shape index (κ2) is 6.32. The quantitative estimate of drug-likeness (QED) is 0.324. The van der Waals surface area contributed by atoms with Gasteiger partial charge in [0.15, 0.2) is 0 Å². The molecule has 0 bridgehead atoms. The molecule has 0 saturated carbocycles. The van der Waals surface area contributed by atoms with Gasteiger partial charge in [-0.05, 0) is 43.4 Å². The van der Waals surface area contributed by atoms with Crippen molar-refractivity contribution in [1.29, 1.82) is 0 Å². The van der Waals surface area contributed by atoms with E-state index in [1.165, 1.54) is 11.1 Å². The second-order valence-electron chi connectivity index (χ2n) is 3.67. The fourth-order valence-corrected chi connectivity index (χ4v) is 1.67. The number of aryl methyl sites for hydroxylation is 1. The van der Waals surface area contributed by atoms with Gasteiger partial charge in [-0.25, -0.2) is 0 Å². The Labute approximate surface area is 91.4 Å². The number of unbranched alkanes of at least 4 members (excludes halogenated alkanes) is 1. The van der Waals surface area contributed by atoms with E-state index >= 15 is 0 Å². The van der Waals surface area contributed by atoms with Gasteiger partial charge in [0.2, 0.25) is 0 Å². The molecule has 0 saturated heterocycles. The molecule has 3 heteroatoms. The van der Waals surface area contributed by atoms with Crippen molar-refractivity contribution in [3.05, 3.63) is 42.2 Å². The van der Waals surface area contributed by atoms with Crippen LogP contribution in [-0.2, 0) is 0 Å². The molecule has 0 aliphatic heterocycles. The van der Waals surface area contributed by atoms with Gasteiger partial charge in [-0.1, -0.05) is 6.08 Å². The minimum Gasteiger partial charge on any atom is -0.271 e. The van der Waals surface area contributed by atoms with Gasteiger partial charge in [-0.3, -0.25) is 16.3 Å². The summed E-state index contributed by atoms with van der Waals surface area (Å²) in [6, 6.07) is 2.24. The van der Waals surface area contributed by atoms with Crippen LogP contribution in [0.2, 0.25) is 0 Å². The van der Waals surface area contributed by atoms with E-state index < -0.39 is 0 Å². The van der Waals surface area contributed by atoms with Gasteiger partial charge in [0, 0.05) is 18.4 Å². The maximum Gasteiger partial charge on any atom is 0.0463 e. The minimum absolute atomic E-state index is 0.216. The van der Waals surface area contributed by atoms with E-state index in [-0.39, 0.29) is 6.04 Å². The van der Waals surface area contributed by atoms with Crippen molar-refractivity contribution in [2.24, 2.45) is 5.84 Å². The molecule has 0 aliphatic rings. The molecule has 0 fully saturated rings. The summed E-state index contributed by atoms with van der Waals surface area (Å²) >= 11 is 0. The van der Waals surface area contributed by atoms with Crippen LogP contribution in [0.3, 0.4) is 0 Å². The number of allylic oxidation sites excluding steroid dienone is 1. The number of nitrogens with one attached hydrogen (secondary N) is 1. The van der Waals surface area contributed by atoms with E-state index in [1.54, 1.807) is 6.20 Å². The highest BCUT2D eigenvalue weighted by Crippen LogP contribution is 2.20. The van der Waals surface area contributed by atoms with Crippen LogP contribution in [0.1, 0.15) is 36.4 Å². The molecule has 1 unspecified atom stereocenters. The van der Waals surface area contributed by atoms with Crippen LogP contribution in [0.5, 0.6) is 0 Å². The lowest BCUT2D eigenvalue weighted by Gasteiger charge is -2.17. The van der Waals surface area contributed by atoms with Gasteiger partial charge in [-0.2, -0.15) is 0 Å². The molecule has 1 rings (SSSR count). The first-order chi connectivity index (χ1) is 7.29. The molecule has 82 valence electrons. The highest BCUT2D eigenvalue weighted by molar-refractivity contribution is 5.25. The number of nitrogens with two attached hydrogens (primary N) is 1. The minimum atomic E-state index is 0.216. The van der Waals surface area contributed by atoms with Crippen molar-refractivity contribution >= 4 is 0 Å². The summed E-state index contributed by atoms with van der Waals surface area (Å²) in [7, 11) is 0. The second-order valence-corrected chi connectivity index (χ2v) is 3.67. The molecule has 3 N–H and O–H groups in total. The third-order valence-corrected chi connectivity index (χ3v) is 2.54. The largest absolute Gasteiger partial charge is 0.271 e. The fourth-order valence-electron chi connectivity index (χ4n) is 1.67. The van der Waals surface area contributed by atoms with Crippen LogP contribution in [-0.4, -0.2) is 4.98 Å². The Hall–Kier alpha value is -1.19. The van der Waals surface area contributed by atoms with Gasteiger partial charge in [0.1, 0.15) is 0 Å². The van der Waals surface area contributed by atoms with E-state index in [2.05, 4.69) is 23.9 Å². The Morgan fingerprint density at radius 1 is 1.67 bits per heavy atom. The van der Waals surface area contributed by atoms with Crippen LogP contribution in [0.15, 0.2) is 31.1 Å². The van der Waals surface area contributed by atoms with Crippen molar-refractivity contribution < 1.29 is 0 Å². The highest BCUT2D eigenvalue weighted by atomic mass is 15.2. The first kappa shape index (κ1) is 11.9. The number of hydrogen-bond acceptors (Lipinski definition) is 3. The molecule has 3 nitrogen and oxygen atoms in total. The first-order valence-electron chi connectivity index (χ1n) is 5.27. The third kappa shape index (κ3) is 3.46. The lowest BCUT2D eigenvalue weighted by molar-refractivity contribution is 0.498. The monoisotopic (exact) mass is 205 g/mol.